The van der Waals surface area contributed by atoms with Gasteiger partial charge in [-0.05, 0) is 17.5 Å². The van der Waals surface area contributed by atoms with Gasteiger partial charge in [-0.1, -0.05) is 26.3 Å². The van der Waals surface area contributed by atoms with Gasteiger partial charge in [0.2, 0.25) is 5.91 Å². The summed E-state index contributed by atoms with van der Waals surface area (Å²) in [5, 5.41) is 2.81. The molecule has 0 spiro atoms. The third-order valence-electron chi connectivity index (χ3n) is 2.75. The molecule has 88 valence electrons. The van der Waals surface area contributed by atoms with Gasteiger partial charge < -0.3 is 11.1 Å². The van der Waals surface area contributed by atoms with E-state index in [1.54, 1.807) is 12.4 Å². The molecule has 1 aromatic heterocycles. The van der Waals surface area contributed by atoms with E-state index >= 15 is 0 Å². The Kier molecular flexibility index (Phi) is 4.92. The smallest absolute Gasteiger partial charge is 0.237 e. The maximum atomic E-state index is 11.7. The Hall–Kier alpha value is -1.42. The number of hydrogen-bond acceptors (Lipinski definition) is 3. The van der Waals surface area contributed by atoms with Crippen LogP contribution in [-0.4, -0.2) is 16.9 Å². The molecule has 0 aliphatic heterocycles. The summed E-state index contributed by atoms with van der Waals surface area (Å²) in [5.41, 5.74) is 6.79. The second-order valence-electron chi connectivity index (χ2n) is 3.99. The minimum atomic E-state index is -0.429. The maximum absolute atomic E-state index is 11.7. The first-order chi connectivity index (χ1) is 7.65. The van der Waals surface area contributed by atoms with Gasteiger partial charge in [-0.2, -0.15) is 0 Å². The third-order valence-corrected chi connectivity index (χ3v) is 2.75. The fourth-order valence-electron chi connectivity index (χ4n) is 1.32. The van der Waals surface area contributed by atoms with Gasteiger partial charge in [0.05, 0.1) is 6.04 Å². The summed E-state index contributed by atoms with van der Waals surface area (Å²) in [4.78, 5) is 15.6. The highest BCUT2D eigenvalue weighted by molar-refractivity contribution is 5.81. The molecule has 0 fully saturated rings. The van der Waals surface area contributed by atoms with Crippen molar-refractivity contribution in [2.24, 2.45) is 11.7 Å². The van der Waals surface area contributed by atoms with E-state index in [0.717, 1.165) is 12.0 Å². The molecule has 0 saturated heterocycles. The molecule has 3 N–H and O–H groups in total. The van der Waals surface area contributed by atoms with Gasteiger partial charge >= 0.3 is 0 Å². The van der Waals surface area contributed by atoms with Crippen molar-refractivity contribution in [3.63, 3.8) is 0 Å². The van der Waals surface area contributed by atoms with Crippen LogP contribution in [0.15, 0.2) is 24.5 Å². The van der Waals surface area contributed by atoms with Crippen LogP contribution in [0, 0.1) is 5.92 Å². The number of nitrogens with zero attached hydrogens (tertiary/aromatic N) is 1. The summed E-state index contributed by atoms with van der Waals surface area (Å²) in [6, 6.07) is 3.33. The van der Waals surface area contributed by atoms with E-state index < -0.39 is 6.04 Å². The summed E-state index contributed by atoms with van der Waals surface area (Å²) in [6.07, 6.45) is 4.34. The first kappa shape index (κ1) is 12.6. The molecule has 0 bridgehead atoms. The molecule has 1 rings (SSSR count). The lowest BCUT2D eigenvalue weighted by Gasteiger charge is -2.17. The van der Waals surface area contributed by atoms with Crippen molar-refractivity contribution in [1.82, 2.24) is 10.3 Å². The van der Waals surface area contributed by atoms with Crippen molar-refractivity contribution in [3.05, 3.63) is 30.1 Å². The summed E-state index contributed by atoms with van der Waals surface area (Å²) >= 11 is 0. The molecule has 0 aliphatic rings. The van der Waals surface area contributed by atoms with Gasteiger partial charge in [0.15, 0.2) is 0 Å². The normalized spacial score (nSPS) is 14.2. The molecular weight excluding hydrogens is 202 g/mol. The predicted octanol–water partition coefficient (Wildman–Crippen LogP) is 1.07. The SMILES string of the molecule is CC[C@H](C)[C@H](N)C(=O)NCc1cccnc1. The molecule has 0 aromatic carbocycles. The summed E-state index contributed by atoms with van der Waals surface area (Å²) in [5.74, 6) is 0.104. The van der Waals surface area contributed by atoms with E-state index in [-0.39, 0.29) is 11.8 Å². The number of aromatic nitrogens is 1. The number of hydrogen-bond donors (Lipinski definition) is 2. The zero-order chi connectivity index (χ0) is 12.0. The summed E-state index contributed by atoms with van der Waals surface area (Å²) < 4.78 is 0. The lowest BCUT2D eigenvalue weighted by molar-refractivity contribution is -0.123. The second-order valence-corrected chi connectivity index (χ2v) is 3.99. The van der Waals surface area contributed by atoms with Gasteiger partial charge in [-0.15, -0.1) is 0 Å². The van der Waals surface area contributed by atoms with Crippen molar-refractivity contribution in [2.45, 2.75) is 32.9 Å². The van der Waals surface area contributed by atoms with Crippen LogP contribution in [0.1, 0.15) is 25.8 Å². The minimum absolute atomic E-state index is 0.0989. The Morgan fingerprint density at radius 3 is 2.94 bits per heavy atom. The Balaban J connectivity index is 2.41. The number of carbonyl (C=O) groups excluding carboxylic acids is 1. The van der Waals surface area contributed by atoms with Crippen LogP contribution in [-0.2, 0) is 11.3 Å². The van der Waals surface area contributed by atoms with Gasteiger partial charge in [0.25, 0.3) is 0 Å². The molecule has 16 heavy (non-hydrogen) atoms. The molecule has 0 aliphatic carbocycles. The number of carbonyl (C=O) groups is 1. The summed E-state index contributed by atoms with van der Waals surface area (Å²) in [6.45, 7) is 4.49. The average molecular weight is 221 g/mol. The van der Waals surface area contributed by atoms with E-state index in [2.05, 4.69) is 10.3 Å². The Morgan fingerprint density at radius 1 is 1.62 bits per heavy atom. The van der Waals surface area contributed by atoms with E-state index in [0.29, 0.717) is 6.54 Å². The van der Waals surface area contributed by atoms with Crippen molar-refractivity contribution in [1.29, 1.82) is 0 Å². The molecule has 1 amide bonds. The van der Waals surface area contributed by atoms with Crippen LogP contribution < -0.4 is 11.1 Å². The van der Waals surface area contributed by atoms with Gasteiger partial charge in [-0.3, -0.25) is 9.78 Å². The Morgan fingerprint density at radius 2 is 2.38 bits per heavy atom. The number of rotatable bonds is 5. The van der Waals surface area contributed by atoms with Gasteiger partial charge in [0, 0.05) is 18.9 Å². The number of amides is 1. The quantitative estimate of drug-likeness (QED) is 0.781. The Bertz CT molecular complexity index is 326. The van der Waals surface area contributed by atoms with E-state index in [9.17, 15) is 4.79 Å². The lowest BCUT2D eigenvalue weighted by atomic mass is 9.99. The molecule has 0 radical (unpaired) electrons. The van der Waals surface area contributed by atoms with Gasteiger partial charge in [-0.25, -0.2) is 0 Å². The number of nitrogens with one attached hydrogen (secondary N) is 1. The highest BCUT2D eigenvalue weighted by Crippen LogP contribution is 2.05. The van der Waals surface area contributed by atoms with Crippen LogP contribution in [0.4, 0.5) is 0 Å². The molecular formula is C12H19N3O. The zero-order valence-electron chi connectivity index (χ0n) is 9.81. The highest BCUT2D eigenvalue weighted by atomic mass is 16.2. The summed E-state index contributed by atoms with van der Waals surface area (Å²) in [7, 11) is 0. The van der Waals surface area contributed by atoms with Crippen molar-refractivity contribution >= 4 is 5.91 Å². The second kappa shape index (κ2) is 6.23. The average Bonchev–Trinajstić information content (AvgIpc) is 2.35. The largest absolute Gasteiger partial charge is 0.351 e. The molecule has 0 unspecified atom stereocenters. The molecule has 1 aromatic rings. The van der Waals surface area contributed by atoms with Crippen LogP contribution >= 0.6 is 0 Å². The van der Waals surface area contributed by atoms with Crippen LogP contribution in [0.3, 0.4) is 0 Å². The predicted molar refractivity (Wildman–Crippen MR) is 63.5 cm³/mol. The van der Waals surface area contributed by atoms with Crippen molar-refractivity contribution in [2.75, 3.05) is 0 Å². The van der Waals surface area contributed by atoms with Crippen molar-refractivity contribution < 1.29 is 4.79 Å². The van der Waals surface area contributed by atoms with E-state index in [1.165, 1.54) is 0 Å². The minimum Gasteiger partial charge on any atom is -0.351 e. The maximum Gasteiger partial charge on any atom is 0.237 e. The Labute approximate surface area is 96.3 Å². The molecule has 2 atom stereocenters. The van der Waals surface area contributed by atoms with Crippen LogP contribution in [0.5, 0.6) is 0 Å². The first-order valence-corrected chi connectivity index (χ1v) is 5.57. The van der Waals surface area contributed by atoms with Crippen LogP contribution in [0.2, 0.25) is 0 Å². The standard InChI is InChI=1S/C12H19N3O/c1-3-9(2)11(13)12(16)15-8-10-5-4-6-14-7-10/h4-7,9,11H,3,8,13H2,1-2H3,(H,15,16)/t9-,11-/m0/s1. The number of pyridine rings is 1. The molecule has 0 saturated carbocycles. The zero-order valence-corrected chi connectivity index (χ0v) is 9.81. The van der Waals surface area contributed by atoms with Crippen molar-refractivity contribution in [3.8, 4) is 0 Å². The number of nitrogens with two attached hydrogens (primary N) is 1. The fraction of sp³-hybridized carbons (Fsp3) is 0.500. The monoisotopic (exact) mass is 221 g/mol. The van der Waals surface area contributed by atoms with E-state index in [4.69, 9.17) is 5.73 Å². The topological polar surface area (TPSA) is 68.0 Å². The third kappa shape index (κ3) is 3.62. The van der Waals surface area contributed by atoms with Gasteiger partial charge in [0.1, 0.15) is 0 Å². The fourth-order valence-corrected chi connectivity index (χ4v) is 1.32. The molecule has 4 heteroatoms. The van der Waals surface area contributed by atoms with E-state index in [1.807, 2.05) is 26.0 Å². The van der Waals surface area contributed by atoms with Crippen LogP contribution in [0.25, 0.3) is 0 Å². The first-order valence-electron chi connectivity index (χ1n) is 5.57. The lowest BCUT2D eigenvalue weighted by Crippen LogP contribution is -2.44. The molecule has 1 heterocycles. The molecule has 4 nitrogen and oxygen atoms in total. The highest BCUT2D eigenvalue weighted by Gasteiger charge is 2.18.